The molecule has 1 heterocycles. The summed E-state index contributed by atoms with van der Waals surface area (Å²) in [5.74, 6) is -0.405. The topological polar surface area (TPSA) is 64.7 Å². The SMILES string of the molecule is C=C(CCC)c1scc(C(=O)OC)c1N=CN. The third-order valence-electron chi connectivity index (χ3n) is 2.25. The summed E-state index contributed by atoms with van der Waals surface area (Å²) in [4.78, 5) is 16.5. The summed E-state index contributed by atoms with van der Waals surface area (Å²) in [6.45, 7) is 6.07. The fraction of sp³-hybridized carbons (Fsp3) is 0.333. The second-order valence-electron chi connectivity index (χ2n) is 3.45. The number of thiophene rings is 1. The minimum atomic E-state index is -0.405. The Bertz CT molecular complexity index is 449. The van der Waals surface area contributed by atoms with E-state index in [-0.39, 0.29) is 0 Å². The molecule has 1 rings (SSSR count). The van der Waals surface area contributed by atoms with Gasteiger partial charge in [-0.05, 0) is 12.0 Å². The molecule has 0 fully saturated rings. The lowest BCUT2D eigenvalue weighted by Gasteiger charge is -2.03. The third kappa shape index (κ3) is 2.94. The van der Waals surface area contributed by atoms with Gasteiger partial charge in [0.2, 0.25) is 0 Å². The molecule has 0 aliphatic carbocycles. The van der Waals surface area contributed by atoms with Crippen LogP contribution in [0.1, 0.15) is 35.0 Å². The van der Waals surface area contributed by atoms with Crippen LogP contribution >= 0.6 is 11.3 Å². The lowest BCUT2D eigenvalue weighted by molar-refractivity contribution is 0.0602. The molecule has 1 aromatic rings. The number of rotatable bonds is 5. The molecule has 0 aliphatic heterocycles. The van der Waals surface area contributed by atoms with Crippen LogP contribution in [0.4, 0.5) is 5.69 Å². The van der Waals surface area contributed by atoms with Crippen molar-refractivity contribution in [1.29, 1.82) is 0 Å². The minimum Gasteiger partial charge on any atom is -0.465 e. The quantitative estimate of drug-likeness (QED) is 0.498. The second-order valence-corrected chi connectivity index (χ2v) is 4.33. The average molecular weight is 252 g/mol. The zero-order chi connectivity index (χ0) is 12.8. The standard InChI is InChI=1S/C12H16N2O2S/c1-4-5-8(2)11-10(14-7-13)9(6-17-11)12(15)16-3/h6-7H,2,4-5H2,1,3H3,(H2,13,14). The molecule has 0 radical (unpaired) electrons. The van der Waals surface area contributed by atoms with Gasteiger partial charge in [0.15, 0.2) is 0 Å². The van der Waals surface area contributed by atoms with Crippen molar-refractivity contribution in [3.8, 4) is 0 Å². The van der Waals surface area contributed by atoms with E-state index in [9.17, 15) is 4.79 Å². The fourth-order valence-corrected chi connectivity index (χ4v) is 2.46. The van der Waals surface area contributed by atoms with Crippen molar-refractivity contribution in [3.05, 3.63) is 22.4 Å². The van der Waals surface area contributed by atoms with Gasteiger partial charge in [-0.2, -0.15) is 0 Å². The number of nitrogens with two attached hydrogens (primary N) is 1. The van der Waals surface area contributed by atoms with E-state index in [1.165, 1.54) is 24.8 Å². The van der Waals surface area contributed by atoms with Gasteiger partial charge in [-0.25, -0.2) is 9.79 Å². The van der Waals surface area contributed by atoms with Crippen molar-refractivity contribution < 1.29 is 9.53 Å². The molecule has 4 nitrogen and oxygen atoms in total. The number of carbonyl (C=O) groups is 1. The first-order valence-corrected chi connectivity index (χ1v) is 6.15. The van der Waals surface area contributed by atoms with Gasteiger partial charge in [-0.3, -0.25) is 0 Å². The Morgan fingerprint density at radius 2 is 2.41 bits per heavy atom. The van der Waals surface area contributed by atoms with Crippen molar-refractivity contribution in [2.24, 2.45) is 10.7 Å². The van der Waals surface area contributed by atoms with Crippen LogP contribution in [-0.2, 0) is 4.74 Å². The Balaban J connectivity index is 3.19. The van der Waals surface area contributed by atoms with Crippen molar-refractivity contribution in [2.45, 2.75) is 19.8 Å². The van der Waals surface area contributed by atoms with Crippen LogP contribution in [-0.4, -0.2) is 19.4 Å². The van der Waals surface area contributed by atoms with E-state index in [1.54, 1.807) is 5.38 Å². The lowest BCUT2D eigenvalue weighted by Crippen LogP contribution is -2.00. The summed E-state index contributed by atoms with van der Waals surface area (Å²) in [5.41, 5.74) is 7.27. The number of allylic oxidation sites excluding steroid dienone is 1. The van der Waals surface area contributed by atoms with E-state index in [2.05, 4.69) is 18.5 Å². The van der Waals surface area contributed by atoms with Crippen LogP contribution in [0.3, 0.4) is 0 Å². The van der Waals surface area contributed by atoms with E-state index in [0.717, 1.165) is 23.3 Å². The molecular formula is C12H16N2O2S. The van der Waals surface area contributed by atoms with Crippen LogP contribution < -0.4 is 5.73 Å². The maximum Gasteiger partial charge on any atom is 0.340 e. The number of nitrogens with zero attached hydrogens (tertiary/aromatic N) is 1. The van der Waals surface area contributed by atoms with E-state index < -0.39 is 5.97 Å². The van der Waals surface area contributed by atoms with Gasteiger partial charge in [-0.15, -0.1) is 11.3 Å². The molecule has 0 saturated heterocycles. The van der Waals surface area contributed by atoms with Crippen molar-refractivity contribution in [2.75, 3.05) is 7.11 Å². The number of carbonyl (C=O) groups excluding carboxylic acids is 1. The normalized spacial score (nSPS) is 10.7. The molecular weight excluding hydrogens is 236 g/mol. The maximum absolute atomic E-state index is 11.5. The molecule has 0 amide bonds. The van der Waals surface area contributed by atoms with Crippen LogP contribution in [0, 0.1) is 0 Å². The second kappa shape index (κ2) is 6.20. The average Bonchev–Trinajstić information content (AvgIpc) is 2.73. The molecule has 2 N–H and O–H groups in total. The van der Waals surface area contributed by atoms with Gasteiger partial charge >= 0.3 is 5.97 Å². The Morgan fingerprint density at radius 1 is 1.71 bits per heavy atom. The van der Waals surface area contributed by atoms with Gasteiger partial charge in [0.1, 0.15) is 0 Å². The summed E-state index contributed by atoms with van der Waals surface area (Å²) in [6.07, 6.45) is 3.04. The first kappa shape index (κ1) is 13.4. The van der Waals surface area contributed by atoms with Gasteiger partial charge in [-0.1, -0.05) is 19.9 Å². The molecule has 0 aliphatic rings. The highest BCUT2D eigenvalue weighted by Crippen LogP contribution is 2.37. The smallest absolute Gasteiger partial charge is 0.340 e. The van der Waals surface area contributed by atoms with E-state index in [0.29, 0.717) is 11.3 Å². The van der Waals surface area contributed by atoms with E-state index in [4.69, 9.17) is 10.5 Å². The van der Waals surface area contributed by atoms with Crippen molar-refractivity contribution in [1.82, 2.24) is 0 Å². The zero-order valence-electron chi connectivity index (χ0n) is 10.0. The van der Waals surface area contributed by atoms with Crippen LogP contribution in [0.5, 0.6) is 0 Å². The Hall–Kier alpha value is -1.62. The number of esters is 1. The molecule has 92 valence electrons. The minimum absolute atomic E-state index is 0.405. The summed E-state index contributed by atoms with van der Waals surface area (Å²) < 4.78 is 4.70. The fourth-order valence-electron chi connectivity index (χ4n) is 1.48. The molecule has 1 aromatic heterocycles. The highest BCUT2D eigenvalue weighted by molar-refractivity contribution is 7.12. The largest absolute Gasteiger partial charge is 0.465 e. The van der Waals surface area contributed by atoms with Gasteiger partial charge in [0.25, 0.3) is 0 Å². The molecule has 0 aromatic carbocycles. The predicted molar refractivity (Wildman–Crippen MR) is 71.9 cm³/mol. The Morgan fingerprint density at radius 3 is 2.94 bits per heavy atom. The van der Waals surface area contributed by atoms with E-state index >= 15 is 0 Å². The molecule has 0 unspecified atom stereocenters. The highest BCUT2D eigenvalue weighted by Gasteiger charge is 2.18. The van der Waals surface area contributed by atoms with Crippen molar-refractivity contribution in [3.63, 3.8) is 0 Å². The van der Waals surface area contributed by atoms with Gasteiger partial charge < -0.3 is 10.5 Å². The zero-order valence-corrected chi connectivity index (χ0v) is 10.8. The van der Waals surface area contributed by atoms with E-state index in [1.807, 2.05) is 0 Å². The molecule has 17 heavy (non-hydrogen) atoms. The number of hydrogen-bond donors (Lipinski definition) is 1. The molecule has 0 bridgehead atoms. The summed E-state index contributed by atoms with van der Waals surface area (Å²) in [6, 6.07) is 0. The summed E-state index contributed by atoms with van der Waals surface area (Å²) in [5, 5.41) is 1.73. The molecule has 5 heteroatoms. The molecule has 0 spiro atoms. The summed E-state index contributed by atoms with van der Waals surface area (Å²) in [7, 11) is 1.34. The van der Waals surface area contributed by atoms with Crippen LogP contribution in [0.2, 0.25) is 0 Å². The Kier molecular flexibility index (Phi) is 4.90. The van der Waals surface area contributed by atoms with Crippen molar-refractivity contribution >= 4 is 34.9 Å². The van der Waals surface area contributed by atoms with Crippen LogP contribution in [0.25, 0.3) is 5.57 Å². The number of ether oxygens (including phenoxy) is 1. The monoisotopic (exact) mass is 252 g/mol. The van der Waals surface area contributed by atoms with Gasteiger partial charge in [0, 0.05) is 5.38 Å². The number of hydrogen-bond acceptors (Lipinski definition) is 4. The first-order chi connectivity index (χ1) is 8.15. The lowest BCUT2D eigenvalue weighted by atomic mass is 10.1. The number of methoxy groups -OCH3 is 1. The maximum atomic E-state index is 11.5. The molecule has 0 saturated carbocycles. The predicted octanol–water partition coefficient (Wildman–Crippen LogP) is 2.97. The molecule has 0 atom stereocenters. The van der Waals surface area contributed by atoms with Crippen LogP contribution in [0.15, 0.2) is 17.0 Å². The Labute approximate surface area is 105 Å². The third-order valence-corrected chi connectivity index (χ3v) is 3.32. The van der Waals surface area contributed by atoms with Gasteiger partial charge in [0.05, 0.1) is 29.6 Å². The first-order valence-electron chi connectivity index (χ1n) is 5.27. The summed E-state index contributed by atoms with van der Waals surface area (Å²) >= 11 is 1.44. The highest BCUT2D eigenvalue weighted by atomic mass is 32.1. The number of aliphatic imine (C=N–C) groups is 1.